The number of nitrogens with zero attached hydrogens (tertiary/aromatic N) is 1. The highest BCUT2D eigenvalue weighted by atomic mass is 16.4. The van der Waals surface area contributed by atoms with Crippen molar-refractivity contribution in [3.05, 3.63) is 24.3 Å². The first-order valence-electron chi connectivity index (χ1n) is 4.47. The quantitative estimate of drug-likeness (QED) is 0.426. The summed E-state index contributed by atoms with van der Waals surface area (Å²) < 4.78 is 0. The first-order chi connectivity index (χ1) is 5.92. The molecule has 62 valence electrons. The molecule has 4 atom stereocenters. The first kappa shape index (κ1) is 6.46. The van der Waals surface area contributed by atoms with Crippen molar-refractivity contribution in [2.75, 3.05) is 0 Å². The smallest absolute Gasteiger partial charge is 0.0616 e. The van der Waals surface area contributed by atoms with Crippen molar-refractivity contribution in [2.45, 2.75) is 6.42 Å². The van der Waals surface area contributed by atoms with Crippen LogP contribution in [0.15, 0.2) is 29.5 Å². The Morgan fingerprint density at radius 1 is 1.33 bits per heavy atom. The van der Waals surface area contributed by atoms with E-state index in [-0.39, 0.29) is 0 Å². The summed E-state index contributed by atoms with van der Waals surface area (Å²) in [6, 6.07) is 0. The van der Waals surface area contributed by atoms with E-state index in [0.29, 0.717) is 17.8 Å². The zero-order valence-electron chi connectivity index (χ0n) is 6.72. The standard InChI is InChI=1S/C10H11NO/c12-11-8-5-6-3-1-2-4-7-9(6)10(7)8/h1-4,6-7,9-10,12H,5H2/b11-8-/t6-,7-,9-,10+/m0/s1. The maximum atomic E-state index is 8.75. The molecule has 0 aliphatic heterocycles. The Bertz CT molecular complexity index is 301. The Morgan fingerprint density at radius 3 is 3.00 bits per heavy atom. The minimum absolute atomic E-state index is 0.571. The lowest BCUT2D eigenvalue weighted by Crippen LogP contribution is -2.03. The van der Waals surface area contributed by atoms with Crippen LogP contribution < -0.4 is 0 Å². The minimum atomic E-state index is 0.571. The van der Waals surface area contributed by atoms with Gasteiger partial charge in [-0.3, -0.25) is 0 Å². The fraction of sp³-hybridized carbons (Fsp3) is 0.500. The van der Waals surface area contributed by atoms with E-state index in [0.717, 1.165) is 18.1 Å². The largest absolute Gasteiger partial charge is 0.411 e. The minimum Gasteiger partial charge on any atom is -0.411 e. The summed E-state index contributed by atoms with van der Waals surface area (Å²) in [5.41, 5.74) is 1.02. The first-order valence-corrected chi connectivity index (χ1v) is 4.47. The molecule has 2 nitrogen and oxygen atoms in total. The van der Waals surface area contributed by atoms with Crippen molar-refractivity contribution in [1.82, 2.24) is 0 Å². The number of fused-ring (bicyclic) bond motifs is 1. The summed E-state index contributed by atoms with van der Waals surface area (Å²) in [6.45, 7) is 0. The highest BCUT2D eigenvalue weighted by molar-refractivity contribution is 5.93. The maximum absolute atomic E-state index is 8.75. The average Bonchev–Trinajstić information content (AvgIpc) is 2.69. The van der Waals surface area contributed by atoms with Crippen LogP contribution in [0.4, 0.5) is 0 Å². The second-order valence-electron chi connectivity index (χ2n) is 3.91. The van der Waals surface area contributed by atoms with Gasteiger partial charge in [0.2, 0.25) is 0 Å². The zero-order valence-corrected chi connectivity index (χ0v) is 6.72. The van der Waals surface area contributed by atoms with Crippen LogP contribution in [0.25, 0.3) is 0 Å². The van der Waals surface area contributed by atoms with Gasteiger partial charge in [0.15, 0.2) is 0 Å². The van der Waals surface area contributed by atoms with Gasteiger partial charge in [0.05, 0.1) is 5.71 Å². The van der Waals surface area contributed by atoms with Crippen LogP contribution in [0.3, 0.4) is 0 Å². The SMILES string of the molecule is O/N=C1/C[C@@H]2C=CC=C[C@@H]3[C@H]1[C@H]32. The van der Waals surface area contributed by atoms with E-state index in [9.17, 15) is 0 Å². The molecule has 0 radical (unpaired) electrons. The zero-order chi connectivity index (χ0) is 8.13. The van der Waals surface area contributed by atoms with Crippen molar-refractivity contribution in [3.8, 4) is 0 Å². The van der Waals surface area contributed by atoms with E-state index in [2.05, 4.69) is 29.5 Å². The molecule has 12 heavy (non-hydrogen) atoms. The van der Waals surface area contributed by atoms with Crippen LogP contribution in [-0.4, -0.2) is 10.9 Å². The third-order valence-corrected chi connectivity index (χ3v) is 3.39. The van der Waals surface area contributed by atoms with Crippen molar-refractivity contribution in [2.24, 2.45) is 28.8 Å². The van der Waals surface area contributed by atoms with Crippen LogP contribution >= 0.6 is 0 Å². The van der Waals surface area contributed by atoms with Gasteiger partial charge < -0.3 is 5.21 Å². The Kier molecular flexibility index (Phi) is 1.08. The van der Waals surface area contributed by atoms with Crippen molar-refractivity contribution >= 4 is 5.71 Å². The van der Waals surface area contributed by atoms with Gasteiger partial charge in [0, 0.05) is 5.92 Å². The van der Waals surface area contributed by atoms with Gasteiger partial charge in [0.25, 0.3) is 0 Å². The van der Waals surface area contributed by atoms with Gasteiger partial charge >= 0.3 is 0 Å². The lowest BCUT2D eigenvalue weighted by atomic mass is 10.0. The molecule has 3 aliphatic carbocycles. The van der Waals surface area contributed by atoms with Gasteiger partial charge in [0.1, 0.15) is 0 Å². The summed E-state index contributed by atoms with van der Waals surface area (Å²) in [5, 5.41) is 12.1. The molecule has 2 heteroatoms. The number of oxime groups is 1. The maximum Gasteiger partial charge on any atom is 0.0616 e. The molecule has 2 saturated carbocycles. The number of hydrogen-bond donors (Lipinski definition) is 1. The van der Waals surface area contributed by atoms with E-state index >= 15 is 0 Å². The van der Waals surface area contributed by atoms with Gasteiger partial charge in [-0.05, 0) is 24.2 Å². The molecule has 0 aromatic carbocycles. The molecule has 0 saturated heterocycles. The normalized spacial score (nSPS) is 50.8. The van der Waals surface area contributed by atoms with Crippen LogP contribution in [0.5, 0.6) is 0 Å². The van der Waals surface area contributed by atoms with E-state index < -0.39 is 0 Å². The molecule has 0 aromatic heterocycles. The number of allylic oxidation sites excluding steroid dienone is 4. The van der Waals surface area contributed by atoms with Crippen LogP contribution in [0.1, 0.15) is 6.42 Å². The Balaban J connectivity index is 2.00. The van der Waals surface area contributed by atoms with Crippen LogP contribution in [-0.2, 0) is 0 Å². The molecule has 1 N–H and O–H groups in total. The molecule has 3 rings (SSSR count). The Morgan fingerprint density at radius 2 is 2.17 bits per heavy atom. The lowest BCUT2D eigenvalue weighted by molar-refractivity contribution is 0.316. The molecular formula is C10H11NO. The topological polar surface area (TPSA) is 32.6 Å². The average molecular weight is 161 g/mol. The molecular weight excluding hydrogens is 150 g/mol. The van der Waals surface area contributed by atoms with Crippen molar-refractivity contribution in [3.63, 3.8) is 0 Å². The third kappa shape index (κ3) is 0.631. The Hall–Kier alpha value is -1.05. The van der Waals surface area contributed by atoms with Crippen LogP contribution in [0.2, 0.25) is 0 Å². The fourth-order valence-electron chi connectivity index (χ4n) is 2.82. The van der Waals surface area contributed by atoms with Gasteiger partial charge in [-0.15, -0.1) is 0 Å². The fourth-order valence-corrected chi connectivity index (χ4v) is 2.82. The van der Waals surface area contributed by atoms with Gasteiger partial charge in [-0.2, -0.15) is 0 Å². The second-order valence-corrected chi connectivity index (χ2v) is 3.91. The summed E-state index contributed by atoms with van der Waals surface area (Å²) in [4.78, 5) is 0. The molecule has 2 fully saturated rings. The molecule has 0 unspecified atom stereocenters. The number of hydrogen-bond acceptors (Lipinski definition) is 2. The number of rotatable bonds is 0. The highest BCUT2D eigenvalue weighted by Gasteiger charge is 2.60. The van der Waals surface area contributed by atoms with Crippen LogP contribution in [0, 0.1) is 23.7 Å². The monoisotopic (exact) mass is 161 g/mol. The van der Waals surface area contributed by atoms with Crippen molar-refractivity contribution in [1.29, 1.82) is 0 Å². The summed E-state index contributed by atoms with van der Waals surface area (Å²) >= 11 is 0. The van der Waals surface area contributed by atoms with Gasteiger partial charge in [-0.1, -0.05) is 29.5 Å². The van der Waals surface area contributed by atoms with E-state index in [1.165, 1.54) is 0 Å². The van der Waals surface area contributed by atoms with E-state index in [4.69, 9.17) is 5.21 Å². The van der Waals surface area contributed by atoms with Crippen molar-refractivity contribution < 1.29 is 5.21 Å². The summed E-state index contributed by atoms with van der Waals surface area (Å²) in [7, 11) is 0. The van der Waals surface area contributed by atoms with E-state index in [1.807, 2.05) is 0 Å². The molecule has 3 aliphatic rings. The second kappa shape index (κ2) is 2.00. The molecule has 0 spiro atoms. The molecule has 0 amide bonds. The van der Waals surface area contributed by atoms with Gasteiger partial charge in [-0.25, -0.2) is 0 Å². The summed E-state index contributed by atoms with van der Waals surface area (Å²) in [5.74, 6) is 2.64. The predicted molar refractivity (Wildman–Crippen MR) is 46.1 cm³/mol. The lowest BCUT2D eigenvalue weighted by Gasteiger charge is -2.05. The van der Waals surface area contributed by atoms with E-state index in [1.54, 1.807) is 0 Å². The molecule has 0 bridgehead atoms. The molecule has 0 aromatic rings. The molecule has 0 heterocycles. The predicted octanol–water partition coefficient (Wildman–Crippen LogP) is 1.82. The highest BCUT2D eigenvalue weighted by Crippen LogP contribution is 2.60. The summed E-state index contributed by atoms with van der Waals surface area (Å²) in [6.07, 6.45) is 9.71. The Labute approximate surface area is 71.3 Å². The third-order valence-electron chi connectivity index (χ3n) is 3.39.